The number of benzene rings is 2. The Kier molecular flexibility index (Phi) is 6.29. The summed E-state index contributed by atoms with van der Waals surface area (Å²) in [5, 5.41) is 11.8. The lowest BCUT2D eigenvalue weighted by Gasteiger charge is -2.29. The third-order valence-electron chi connectivity index (χ3n) is 6.39. The highest BCUT2D eigenvalue weighted by Crippen LogP contribution is 2.44. The Morgan fingerprint density at radius 2 is 1.65 bits per heavy atom. The Hall–Kier alpha value is -3.49. The maximum absolute atomic E-state index is 13.9. The van der Waals surface area contributed by atoms with Gasteiger partial charge >= 0.3 is 12.1 Å². The number of halogens is 2. The zero-order valence-corrected chi connectivity index (χ0v) is 18.8. The lowest BCUT2D eigenvalue weighted by Crippen LogP contribution is -2.54. The van der Waals surface area contributed by atoms with E-state index in [9.17, 15) is 28.3 Å². The molecule has 2 amide bonds. The number of ether oxygens (including phenoxy) is 1. The summed E-state index contributed by atoms with van der Waals surface area (Å²) in [4.78, 5) is 37.7. The summed E-state index contributed by atoms with van der Waals surface area (Å²) in [6, 6.07) is 12.8. The standard InChI is InChI=1S/C25H26F2N2O5/c1-14(2)21(22(30)29-13-25(26,27)11-20(29)23(31)32)28-24(33)34-12-19-17-9-5-3-7-15(17)16-8-4-6-10-18(16)19/h3-10,14,19-21H,11-13H2,1-2H3,(H,28,33)(H,31,32)/t20-,21-/m1/s1. The molecule has 1 saturated heterocycles. The van der Waals surface area contributed by atoms with Gasteiger partial charge in [0.15, 0.2) is 0 Å². The molecule has 1 aliphatic heterocycles. The second kappa shape index (κ2) is 9.04. The van der Waals surface area contributed by atoms with Crippen LogP contribution in [-0.2, 0) is 14.3 Å². The van der Waals surface area contributed by atoms with Gasteiger partial charge < -0.3 is 20.1 Å². The van der Waals surface area contributed by atoms with Gasteiger partial charge in [0, 0.05) is 12.3 Å². The minimum absolute atomic E-state index is 0.0262. The van der Waals surface area contributed by atoms with Crippen molar-refractivity contribution in [1.82, 2.24) is 10.2 Å². The van der Waals surface area contributed by atoms with E-state index in [1.807, 2.05) is 48.5 Å². The number of fused-ring (bicyclic) bond motifs is 3. The van der Waals surface area contributed by atoms with Crippen LogP contribution in [0.2, 0.25) is 0 Å². The first-order valence-corrected chi connectivity index (χ1v) is 11.1. The van der Waals surface area contributed by atoms with Gasteiger partial charge in [-0.15, -0.1) is 0 Å². The van der Waals surface area contributed by atoms with E-state index in [4.69, 9.17) is 4.74 Å². The summed E-state index contributed by atoms with van der Waals surface area (Å²) in [5.74, 6) is -6.33. The highest BCUT2D eigenvalue weighted by molar-refractivity contribution is 5.90. The molecule has 180 valence electrons. The summed E-state index contributed by atoms with van der Waals surface area (Å²) in [5.41, 5.74) is 4.18. The van der Waals surface area contributed by atoms with Crippen molar-refractivity contribution >= 4 is 18.0 Å². The van der Waals surface area contributed by atoms with Crippen LogP contribution in [0.1, 0.15) is 37.3 Å². The molecule has 0 saturated carbocycles. The van der Waals surface area contributed by atoms with Gasteiger partial charge in [-0.25, -0.2) is 18.4 Å². The number of aliphatic carboxylic acids is 1. The van der Waals surface area contributed by atoms with Gasteiger partial charge in [0.25, 0.3) is 5.92 Å². The number of rotatable bonds is 6. The van der Waals surface area contributed by atoms with E-state index in [2.05, 4.69) is 5.32 Å². The Labute approximate surface area is 195 Å². The number of hydrogen-bond donors (Lipinski definition) is 2. The van der Waals surface area contributed by atoms with Crippen LogP contribution in [-0.4, -0.2) is 59.1 Å². The molecule has 34 heavy (non-hydrogen) atoms. The number of hydrogen-bond acceptors (Lipinski definition) is 4. The molecule has 1 fully saturated rings. The van der Waals surface area contributed by atoms with Crippen molar-refractivity contribution < 1.29 is 33.0 Å². The molecule has 2 N–H and O–H groups in total. The Balaban J connectivity index is 1.45. The van der Waals surface area contributed by atoms with Crippen molar-refractivity contribution in [3.05, 3.63) is 59.7 Å². The lowest BCUT2D eigenvalue weighted by molar-refractivity contribution is -0.149. The molecule has 2 atom stereocenters. The fraction of sp³-hybridized carbons (Fsp3) is 0.400. The van der Waals surface area contributed by atoms with Gasteiger partial charge in [-0.1, -0.05) is 62.4 Å². The van der Waals surface area contributed by atoms with Crippen LogP contribution in [0.5, 0.6) is 0 Å². The van der Waals surface area contributed by atoms with Crippen LogP contribution in [0.4, 0.5) is 13.6 Å². The van der Waals surface area contributed by atoms with Gasteiger partial charge in [0.05, 0.1) is 6.54 Å². The number of nitrogens with one attached hydrogen (secondary N) is 1. The fourth-order valence-electron chi connectivity index (χ4n) is 4.73. The minimum atomic E-state index is -3.30. The predicted octanol–water partition coefficient (Wildman–Crippen LogP) is 3.87. The summed E-state index contributed by atoms with van der Waals surface area (Å²) in [7, 11) is 0. The van der Waals surface area contributed by atoms with E-state index in [0.29, 0.717) is 4.90 Å². The number of alkyl carbamates (subject to hydrolysis) is 1. The van der Waals surface area contributed by atoms with Crippen LogP contribution in [0, 0.1) is 5.92 Å². The molecular formula is C25H26F2N2O5. The topological polar surface area (TPSA) is 95.9 Å². The molecule has 2 aliphatic rings. The number of carbonyl (C=O) groups is 3. The summed E-state index contributed by atoms with van der Waals surface area (Å²) < 4.78 is 33.2. The minimum Gasteiger partial charge on any atom is -0.480 e. The molecule has 7 nitrogen and oxygen atoms in total. The number of carboxylic acid groups (broad SMARTS) is 1. The van der Waals surface area contributed by atoms with E-state index in [0.717, 1.165) is 22.3 Å². The fourth-order valence-corrected chi connectivity index (χ4v) is 4.73. The van der Waals surface area contributed by atoms with Gasteiger partial charge in [0.1, 0.15) is 18.7 Å². The van der Waals surface area contributed by atoms with E-state index in [1.165, 1.54) is 0 Å². The molecule has 1 aliphatic carbocycles. The first-order chi connectivity index (χ1) is 16.1. The molecule has 0 aromatic heterocycles. The Morgan fingerprint density at radius 1 is 1.09 bits per heavy atom. The number of carboxylic acids is 1. The van der Waals surface area contributed by atoms with Crippen LogP contribution in [0.25, 0.3) is 11.1 Å². The van der Waals surface area contributed by atoms with Crippen LogP contribution in [0.3, 0.4) is 0 Å². The highest BCUT2D eigenvalue weighted by Gasteiger charge is 2.51. The number of carbonyl (C=O) groups excluding carboxylic acids is 2. The molecule has 1 heterocycles. The van der Waals surface area contributed by atoms with Crippen LogP contribution >= 0.6 is 0 Å². The Morgan fingerprint density at radius 3 is 2.18 bits per heavy atom. The number of amides is 2. The summed E-state index contributed by atoms with van der Waals surface area (Å²) >= 11 is 0. The van der Waals surface area contributed by atoms with Crippen molar-refractivity contribution in [2.45, 2.75) is 44.2 Å². The lowest BCUT2D eigenvalue weighted by atomic mass is 9.98. The summed E-state index contributed by atoms with van der Waals surface area (Å²) in [6.45, 7) is 2.30. The van der Waals surface area contributed by atoms with Gasteiger partial charge in [-0.05, 0) is 28.2 Å². The molecule has 9 heteroatoms. The largest absolute Gasteiger partial charge is 0.480 e. The Bertz CT molecular complexity index is 1070. The van der Waals surface area contributed by atoms with E-state index in [1.54, 1.807) is 13.8 Å². The predicted molar refractivity (Wildman–Crippen MR) is 120 cm³/mol. The first kappa shape index (κ1) is 23.7. The molecule has 2 aromatic rings. The smallest absolute Gasteiger partial charge is 0.407 e. The van der Waals surface area contributed by atoms with Crippen molar-refractivity contribution in [3.8, 4) is 11.1 Å². The highest BCUT2D eigenvalue weighted by atomic mass is 19.3. The molecular weight excluding hydrogens is 446 g/mol. The van der Waals surface area contributed by atoms with E-state index < -0.39 is 54.9 Å². The normalized spacial score (nSPS) is 19.4. The van der Waals surface area contributed by atoms with Gasteiger partial charge in [-0.2, -0.15) is 0 Å². The van der Waals surface area contributed by atoms with Crippen molar-refractivity contribution in [2.75, 3.05) is 13.2 Å². The molecule has 2 aromatic carbocycles. The average molecular weight is 472 g/mol. The van der Waals surface area contributed by atoms with E-state index in [-0.39, 0.29) is 12.5 Å². The molecule has 0 unspecified atom stereocenters. The van der Waals surface area contributed by atoms with Crippen molar-refractivity contribution in [2.24, 2.45) is 5.92 Å². The number of alkyl halides is 2. The third-order valence-corrected chi connectivity index (χ3v) is 6.39. The van der Waals surface area contributed by atoms with Crippen LogP contribution in [0.15, 0.2) is 48.5 Å². The van der Waals surface area contributed by atoms with Crippen molar-refractivity contribution in [3.63, 3.8) is 0 Å². The van der Waals surface area contributed by atoms with Crippen molar-refractivity contribution in [1.29, 1.82) is 0 Å². The first-order valence-electron chi connectivity index (χ1n) is 11.1. The zero-order chi connectivity index (χ0) is 24.6. The molecule has 0 bridgehead atoms. The van der Waals surface area contributed by atoms with Gasteiger partial charge in [-0.3, -0.25) is 4.79 Å². The third kappa shape index (κ3) is 4.47. The second-order valence-corrected chi connectivity index (χ2v) is 9.07. The molecule has 4 rings (SSSR count). The molecule has 0 spiro atoms. The van der Waals surface area contributed by atoms with Gasteiger partial charge in [0.2, 0.25) is 5.91 Å². The monoisotopic (exact) mass is 472 g/mol. The molecule has 0 radical (unpaired) electrons. The maximum Gasteiger partial charge on any atom is 0.407 e. The zero-order valence-electron chi connectivity index (χ0n) is 18.8. The maximum atomic E-state index is 13.9. The van der Waals surface area contributed by atoms with E-state index >= 15 is 0 Å². The summed E-state index contributed by atoms with van der Waals surface area (Å²) in [6.07, 6.45) is -1.82. The average Bonchev–Trinajstić information content (AvgIpc) is 3.30. The van der Waals surface area contributed by atoms with Crippen LogP contribution < -0.4 is 5.32 Å². The number of nitrogens with zero attached hydrogens (tertiary/aromatic N) is 1. The SMILES string of the molecule is CC(C)[C@@H](NC(=O)OCC1c2ccccc2-c2ccccc21)C(=O)N1CC(F)(F)C[C@@H]1C(=O)O. The quantitative estimate of drug-likeness (QED) is 0.666. The second-order valence-electron chi connectivity index (χ2n) is 9.07. The number of likely N-dealkylation sites (tertiary alicyclic amines) is 1.